The van der Waals surface area contributed by atoms with E-state index in [4.69, 9.17) is 0 Å². The minimum atomic E-state index is -0.119. The number of aromatic nitrogens is 2. The van der Waals surface area contributed by atoms with Crippen LogP contribution in [0.5, 0.6) is 0 Å². The summed E-state index contributed by atoms with van der Waals surface area (Å²) in [5.41, 5.74) is 1.89. The number of fused-ring (bicyclic) bond motifs is 1. The first kappa shape index (κ1) is 19.3. The quantitative estimate of drug-likeness (QED) is 0.702. The number of nitrogens with zero attached hydrogens (tertiary/aromatic N) is 3. The summed E-state index contributed by atoms with van der Waals surface area (Å²) in [6.45, 7) is 4.29. The van der Waals surface area contributed by atoms with Crippen LogP contribution in [0.1, 0.15) is 24.2 Å². The molecule has 0 radical (unpaired) electrons. The molecule has 0 bridgehead atoms. The number of rotatable bonds is 6. The second kappa shape index (κ2) is 9.01. The maximum Gasteiger partial charge on any atom is 0.258 e. The number of nitrogens with one attached hydrogen (secondary N) is 1. The molecule has 1 amide bonds. The molecule has 6 nitrogen and oxygen atoms in total. The van der Waals surface area contributed by atoms with Gasteiger partial charge in [0.15, 0.2) is 0 Å². The molecule has 0 atom stereocenters. The number of hydrogen-bond donors (Lipinski definition) is 1. The van der Waals surface area contributed by atoms with Crippen molar-refractivity contribution in [3.8, 4) is 0 Å². The second-order valence-corrected chi connectivity index (χ2v) is 7.53. The standard InChI is InChI=1S/C23H26N4O2/c28-22(27-15-13-26(14-16-27)17-18-7-2-1-3-8-18)12-6-11-21-24-20-10-5-4-9-19(20)23(29)25-21/h1-5,7-10H,6,11-17H2,(H,24,25,29). The lowest BCUT2D eigenvalue weighted by atomic mass is 10.1. The normalized spacial score (nSPS) is 15.0. The summed E-state index contributed by atoms with van der Waals surface area (Å²) in [6.07, 6.45) is 1.76. The number of aromatic amines is 1. The molecule has 150 valence electrons. The van der Waals surface area contributed by atoms with E-state index in [9.17, 15) is 9.59 Å². The van der Waals surface area contributed by atoms with Gasteiger partial charge in [0.2, 0.25) is 5.91 Å². The van der Waals surface area contributed by atoms with Gasteiger partial charge >= 0.3 is 0 Å². The fraction of sp³-hybridized carbons (Fsp3) is 0.348. The van der Waals surface area contributed by atoms with Crippen LogP contribution in [0.15, 0.2) is 59.4 Å². The molecule has 1 aromatic heterocycles. The van der Waals surface area contributed by atoms with Crippen molar-refractivity contribution in [3.05, 3.63) is 76.3 Å². The minimum absolute atomic E-state index is 0.119. The fourth-order valence-corrected chi connectivity index (χ4v) is 3.82. The van der Waals surface area contributed by atoms with E-state index >= 15 is 0 Å². The first-order chi connectivity index (χ1) is 14.2. The van der Waals surface area contributed by atoms with Crippen LogP contribution in [0.3, 0.4) is 0 Å². The summed E-state index contributed by atoms with van der Waals surface area (Å²) in [5, 5.41) is 0.598. The predicted octanol–water partition coefficient (Wildman–Crippen LogP) is 2.59. The van der Waals surface area contributed by atoms with Gasteiger partial charge in [-0.05, 0) is 24.1 Å². The first-order valence-electron chi connectivity index (χ1n) is 10.2. The molecule has 1 fully saturated rings. The number of piperazine rings is 1. The van der Waals surface area contributed by atoms with E-state index in [0.717, 1.165) is 32.7 Å². The summed E-state index contributed by atoms with van der Waals surface area (Å²) >= 11 is 0. The Bertz CT molecular complexity index is 1020. The van der Waals surface area contributed by atoms with Crippen molar-refractivity contribution >= 4 is 16.8 Å². The van der Waals surface area contributed by atoms with Crippen molar-refractivity contribution in [2.24, 2.45) is 0 Å². The van der Waals surface area contributed by atoms with Gasteiger partial charge in [-0.3, -0.25) is 14.5 Å². The molecule has 3 aromatic rings. The first-order valence-corrected chi connectivity index (χ1v) is 10.2. The topological polar surface area (TPSA) is 69.3 Å². The molecule has 0 aliphatic carbocycles. The van der Waals surface area contributed by atoms with E-state index in [-0.39, 0.29) is 11.5 Å². The van der Waals surface area contributed by atoms with E-state index in [0.29, 0.717) is 36.0 Å². The Labute approximate surface area is 170 Å². The Kier molecular flexibility index (Phi) is 6.00. The van der Waals surface area contributed by atoms with Crippen LogP contribution >= 0.6 is 0 Å². The highest BCUT2D eigenvalue weighted by atomic mass is 16.2. The van der Waals surface area contributed by atoms with Crippen molar-refractivity contribution in [3.63, 3.8) is 0 Å². The van der Waals surface area contributed by atoms with Crippen LogP contribution in [0, 0.1) is 0 Å². The number of amides is 1. The second-order valence-electron chi connectivity index (χ2n) is 7.53. The monoisotopic (exact) mass is 390 g/mol. The summed E-state index contributed by atoms with van der Waals surface area (Å²) in [7, 11) is 0. The molecule has 0 spiro atoms. The third-order valence-electron chi connectivity index (χ3n) is 5.44. The Morgan fingerprint density at radius 2 is 1.69 bits per heavy atom. The Balaban J connectivity index is 1.24. The highest BCUT2D eigenvalue weighted by Crippen LogP contribution is 2.11. The van der Waals surface area contributed by atoms with E-state index < -0.39 is 0 Å². The number of carbonyl (C=O) groups excluding carboxylic acids is 1. The Morgan fingerprint density at radius 1 is 0.966 bits per heavy atom. The molecule has 1 N–H and O–H groups in total. The van der Waals surface area contributed by atoms with Gasteiger partial charge in [0.25, 0.3) is 5.56 Å². The lowest BCUT2D eigenvalue weighted by Crippen LogP contribution is -2.48. The van der Waals surface area contributed by atoms with E-state index in [1.54, 1.807) is 6.07 Å². The molecule has 1 saturated heterocycles. The van der Waals surface area contributed by atoms with Gasteiger partial charge in [-0.25, -0.2) is 4.98 Å². The molecular weight excluding hydrogens is 364 g/mol. The molecule has 0 unspecified atom stereocenters. The average molecular weight is 390 g/mol. The maximum absolute atomic E-state index is 12.5. The lowest BCUT2D eigenvalue weighted by molar-refractivity contribution is -0.133. The average Bonchev–Trinajstić information content (AvgIpc) is 2.75. The molecule has 1 aliphatic heterocycles. The zero-order valence-electron chi connectivity index (χ0n) is 16.5. The van der Waals surface area contributed by atoms with Crippen LogP contribution < -0.4 is 5.56 Å². The van der Waals surface area contributed by atoms with Crippen molar-refractivity contribution < 1.29 is 4.79 Å². The number of carbonyl (C=O) groups is 1. The van der Waals surface area contributed by atoms with Gasteiger partial charge in [-0.1, -0.05) is 42.5 Å². The molecular formula is C23H26N4O2. The highest BCUT2D eigenvalue weighted by molar-refractivity contribution is 5.77. The summed E-state index contributed by atoms with van der Waals surface area (Å²) in [4.78, 5) is 36.4. The number of aryl methyl sites for hydroxylation is 1. The van der Waals surface area contributed by atoms with Crippen molar-refractivity contribution in [2.45, 2.75) is 25.8 Å². The lowest BCUT2D eigenvalue weighted by Gasteiger charge is -2.34. The van der Waals surface area contributed by atoms with Gasteiger partial charge in [0, 0.05) is 45.6 Å². The molecule has 2 heterocycles. The smallest absolute Gasteiger partial charge is 0.258 e. The number of hydrogen-bond acceptors (Lipinski definition) is 4. The molecule has 29 heavy (non-hydrogen) atoms. The van der Waals surface area contributed by atoms with E-state index in [1.165, 1.54) is 5.56 Å². The molecule has 6 heteroatoms. The van der Waals surface area contributed by atoms with E-state index in [2.05, 4.69) is 39.1 Å². The molecule has 4 rings (SSSR count). The Hall–Kier alpha value is -2.99. The van der Waals surface area contributed by atoms with Crippen LogP contribution in [-0.2, 0) is 17.8 Å². The molecule has 1 aliphatic rings. The highest BCUT2D eigenvalue weighted by Gasteiger charge is 2.20. The maximum atomic E-state index is 12.5. The third-order valence-corrected chi connectivity index (χ3v) is 5.44. The summed E-state index contributed by atoms with van der Waals surface area (Å²) < 4.78 is 0. The predicted molar refractivity (Wildman–Crippen MR) is 114 cm³/mol. The van der Waals surface area contributed by atoms with Crippen LogP contribution in [0.2, 0.25) is 0 Å². The number of benzene rings is 2. The minimum Gasteiger partial charge on any atom is -0.340 e. The number of para-hydroxylation sites is 1. The van der Waals surface area contributed by atoms with Gasteiger partial charge in [-0.2, -0.15) is 0 Å². The SMILES string of the molecule is O=C(CCCc1nc2ccccc2c(=O)[nH]1)N1CCN(Cc2ccccc2)CC1. The van der Waals surface area contributed by atoms with Gasteiger partial charge in [-0.15, -0.1) is 0 Å². The van der Waals surface area contributed by atoms with Crippen LogP contribution in [-0.4, -0.2) is 51.9 Å². The fourth-order valence-electron chi connectivity index (χ4n) is 3.82. The van der Waals surface area contributed by atoms with Crippen LogP contribution in [0.4, 0.5) is 0 Å². The Morgan fingerprint density at radius 3 is 2.48 bits per heavy atom. The zero-order valence-corrected chi connectivity index (χ0v) is 16.5. The number of H-pyrrole nitrogens is 1. The molecule has 0 saturated carbocycles. The van der Waals surface area contributed by atoms with Crippen molar-refractivity contribution in [1.29, 1.82) is 0 Å². The summed E-state index contributed by atoms with van der Waals surface area (Å²) in [5.74, 6) is 0.835. The van der Waals surface area contributed by atoms with Gasteiger partial charge < -0.3 is 9.88 Å². The zero-order chi connectivity index (χ0) is 20.1. The van der Waals surface area contributed by atoms with Crippen molar-refractivity contribution in [2.75, 3.05) is 26.2 Å². The third kappa shape index (κ3) is 4.90. The summed E-state index contributed by atoms with van der Waals surface area (Å²) in [6, 6.07) is 17.8. The van der Waals surface area contributed by atoms with Crippen molar-refractivity contribution in [1.82, 2.24) is 19.8 Å². The molecule has 2 aromatic carbocycles. The largest absolute Gasteiger partial charge is 0.340 e. The van der Waals surface area contributed by atoms with Crippen LogP contribution in [0.25, 0.3) is 10.9 Å². The van der Waals surface area contributed by atoms with Gasteiger partial charge in [0.05, 0.1) is 10.9 Å². The van der Waals surface area contributed by atoms with Gasteiger partial charge in [0.1, 0.15) is 5.82 Å². The van der Waals surface area contributed by atoms with E-state index in [1.807, 2.05) is 29.2 Å².